The number of likely N-dealkylation sites (tertiary alicyclic amines) is 1. The van der Waals surface area contributed by atoms with Gasteiger partial charge >= 0.3 is 5.97 Å². The molecule has 30 heavy (non-hydrogen) atoms. The molecule has 0 bridgehead atoms. The number of aliphatic hydroxyl groups excluding tert-OH is 1. The highest BCUT2D eigenvalue weighted by Gasteiger charge is 2.48. The molecule has 5 atom stereocenters. The van der Waals surface area contributed by atoms with E-state index >= 15 is 0 Å². The van der Waals surface area contributed by atoms with Crippen LogP contribution in [-0.4, -0.2) is 90.8 Å². The van der Waals surface area contributed by atoms with Crippen LogP contribution in [-0.2, 0) is 23.9 Å². The van der Waals surface area contributed by atoms with Crippen molar-refractivity contribution in [2.75, 3.05) is 27.3 Å². The molecule has 0 aromatic heterocycles. The van der Waals surface area contributed by atoms with Gasteiger partial charge in [0.25, 0.3) is 0 Å². The molecule has 0 aromatic rings. The van der Waals surface area contributed by atoms with Crippen LogP contribution in [0.4, 0.5) is 0 Å². The average molecular weight is 422 g/mol. The fraction of sp³-hybridized carbons (Fsp3) is 0.700. The molecule has 1 saturated heterocycles. The summed E-state index contributed by atoms with van der Waals surface area (Å²) >= 11 is 0. The molecular formula is C20H30N4O6. The van der Waals surface area contributed by atoms with Gasteiger partial charge in [-0.2, -0.15) is 0 Å². The van der Waals surface area contributed by atoms with Crippen molar-refractivity contribution in [3.63, 3.8) is 0 Å². The van der Waals surface area contributed by atoms with Crippen molar-refractivity contribution in [3.05, 3.63) is 0 Å². The molecule has 166 valence electrons. The first-order valence-corrected chi connectivity index (χ1v) is 9.91. The van der Waals surface area contributed by atoms with E-state index in [4.69, 9.17) is 15.9 Å². The first kappa shape index (κ1) is 23.6. The molecule has 10 nitrogen and oxygen atoms in total. The molecule has 2 rings (SSSR count). The summed E-state index contributed by atoms with van der Waals surface area (Å²) in [4.78, 5) is 43.6. The Kier molecular flexibility index (Phi) is 7.81. The van der Waals surface area contributed by atoms with Crippen LogP contribution >= 0.6 is 0 Å². The number of nitrogens with zero attached hydrogens (tertiary/aromatic N) is 2. The van der Waals surface area contributed by atoms with Crippen molar-refractivity contribution in [3.8, 4) is 12.3 Å². The molecule has 0 spiro atoms. The number of carbonyl (C=O) groups excluding carboxylic acids is 3. The molecule has 0 radical (unpaired) electrons. The maximum atomic E-state index is 13.2. The topological polar surface area (TPSA) is 130 Å². The number of nitrogens with one attached hydrogen (secondary N) is 2. The van der Waals surface area contributed by atoms with Gasteiger partial charge in [-0.05, 0) is 33.7 Å². The summed E-state index contributed by atoms with van der Waals surface area (Å²) in [5.74, 6) is 1.22. The number of hydrogen-bond donors (Lipinski definition) is 3. The lowest BCUT2D eigenvalue weighted by atomic mass is 9.98. The van der Waals surface area contributed by atoms with Gasteiger partial charge in [0.1, 0.15) is 18.7 Å². The van der Waals surface area contributed by atoms with Crippen molar-refractivity contribution >= 4 is 23.7 Å². The molecule has 0 unspecified atom stereocenters. The molecule has 10 heteroatoms. The molecule has 2 heterocycles. The number of carbonyl (C=O) groups is 3. The summed E-state index contributed by atoms with van der Waals surface area (Å²) in [6, 6.07) is -2.16. The Morgan fingerprint density at radius 1 is 1.47 bits per heavy atom. The van der Waals surface area contributed by atoms with Gasteiger partial charge < -0.3 is 30.1 Å². The van der Waals surface area contributed by atoms with Crippen LogP contribution in [0.5, 0.6) is 0 Å². The van der Waals surface area contributed by atoms with Gasteiger partial charge in [0, 0.05) is 13.0 Å². The minimum absolute atomic E-state index is 0.0120. The van der Waals surface area contributed by atoms with E-state index in [9.17, 15) is 19.5 Å². The number of hydrogen-bond acceptors (Lipinski definition) is 8. The minimum Gasteiger partial charge on any atom is -0.476 e. The second-order valence-corrected chi connectivity index (χ2v) is 7.57. The number of aliphatic hydroxyl groups is 1. The Morgan fingerprint density at radius 3 is 2.73 bits per heavy atom. The van der Waals surface area contributed by atoms with E-state index in [2.05, 4.69) is 21.5 Å². The molecule has 2 amide bonds. The zero-order valence-corrected chi connectivity index (χ0v) is 17.8. The number of esters is 1. The normalized spacial score (nSPS) is 26.1. The quantitative estimate of drug-likeness (QED) is 0.331. The maximum Gasteiger partial charge on any atom is 0.338 e. The van der Waals surface area contributed by atoms with Gasteiger partial charge in [-0.15, -0.1) is 12.3 Å². The van der Waals surface area contributed by atoms with Gasteiger partial charge in [-0.1, -0.05) is 0 Å². The standard InChI is InChI=1S/C20H30N4O6/c1-6-9-20(19(28)29-5)11-30-17(23-20)14-8-7-10-24(14)18(27)15(13(3)25)22-16(26)12(2)21-4/h1,12-15,21,25H,7-11H2,2-5H3,(H,22,26)/t12-,13+,14-,15-,20+/m0/s1. The Morgan fingerprint density at radius 2 is 2.17 bits per heavy atom. The molecule has 3 N–H and O–H groups in total. The van der Waals surface area contributed by atoms with E-state index in [0.717, 1.165) is 0 Å². The molecule has 0 aliphatic carbocycles. The van der Waals surface area contributed by atoms with Gasteiger partial charge in [0.05, 0.1) is 19.3 Å². The third-order valence-electron chi connectivity index (χ3n) is 5.44. The zero-order valence-electron chi connectivity index (χ0n) is 17.8. The summed E-state index contributed by atoms with van der Waals surface area (Å²) < 4.78 is 10.5. The fourth-order valence-corrected chi connectivity index (χ4v) is 3.53. The predicted molar refractivity (Wildman–Crippen MR) is 108 cm³/mol. The van der Waals surface area contributed by atoms with Crippen LogP contribution < -0.4 is 10.6 Å². The summed E-state index contributed by atoms with van der Waals surface area (Å²) in [5.41, 5.74) is -1.32. The highest BCUT2D eigenvalue weighted by molar-refractivity contribution is 5.96. The molecule has 0 saturated carbocycles. The Bertz CT molecular complexity index is 746. The van der Waals surface area contributed by atoms with Crippen LogP contribution in [0.1, 0.15) is 33.1 Å². The van der Waals surface area contributed by atoms with E-state index in [1.807, 2.05) is 0 Å². The largest absolute Gasteiger partial charge is 0.476 e. The highest BCUT2D eigenvalue weighted by atomic mass is 16.5. The second-order valence-electron chi connectivity index (χ2n) is 7.57. The second kappa shape index (κ2) is 9.91. The Balaban J connectivity index is 2.24. The van der Waals surface area contributed by atoms with Crippen LogP contribution in [0.2, 0.25) is 0 Å². The van der Waals surface area contributed by atoms with Gasteiger partial charge in [0.15, 0.2) is 0 Å². The molecule has 0 aromatic carbocycles. The number of amides is 2. The van der Waals surface area contributed by atoms with E-state index in [-0.39, 0.29) is 18.9 Å². The van der Waals surface area contributed by atoms with Crippen LogP contribution in [0.15, 0.2) is 4.99 Å². The predicted octanol–water partition coefficient (Wildman–Crippen LogP) is -1.19. The fourth-order valence-electron chi connectivity index (χ4n) is 3.53. The van der Waals surface area contributed by atoms with Crippen LogP contribution in [0.3, 0.4) is 0 Å². The molecule has 2 aliphatic heterocycles. The lowest BCUT2D eigenvalue weighted by Gasteiger charge is -2.30. The van der Waals surface area contributed by atoms with E-state index < -0.39 is 47.6 Å². The number of ether oxygens (including phenoxy) is 2. The lowest BCUT2D eigenvalue weighted by molar-refractivity contribution is -0.147. The summed E-state index contributed by atoms with van der Waals surface area (Å²) in [6.07, 6.45) is 5.57. The van der Waals surface area contributed by atoms with Crippen LogP contribution in [0, 0.1) is 12.3 Å². The van der Waals surface area contributed by atoms with Crippen LogP contribution in [0.25, 0.3) is 0 Å². The van der Waals surface area contributed by atoms with Crippen molar-refractivity contribution in [1.29, 1.82) is 0 Å². The van der Waals surface area contributed by atoms with Gasteiger partial charge in [-0.3, -0.25) is 9.59 Å². The summed E-state index contributed by atoms with van der Waals surface area (Å²) in [5, 5.41) is 15.5. The highest BCUT2D eigenvalue weighted by Crippen LogP contribution is 2.30. The smallest absolute Gasteiger partial charge is 0.338 e. The Hall–Kier alpha value is -2.64. The van der Waals surface area contributed by atoms with E-state index in [1.165, 1.54) is 18.9 Å². The number of methoxy groups -OCH3 is 1. The monoisotopic (exact) mass is 422 g/mol. The van der Waals surface area contributed by atoms with Crippen molar-refractivity contribution < 1.29 is 29.0 Å². The molecular weight excluding hydrogens is 392 g/mol. The zero-order chi connectivity index (χ0) is 22.5. The maximum absolute atomic E-state index is 13.2. The molecule has 1 fully saturated rings. The first-order valence-electron chi connectivity index (χ1n) is 9.91. The van der Waals surface area contributed by atoms with Crippen molar-refractivity contribution in [2.45, 2.75) is 62.9 Å². The first-order chi connectivity index (χ1) is 14.2. The van der Waals surface area contributed by atoms with Gasteiger partial charge in [0.2, 0.25) is 23.3 Å². The van der Waals surface area contributed by atoms with Crippen molar-refractivity contribution in [1.82, 2.24) is 15.5 Å². The summed E-state index contributed by atoms with van der Waals surface area (Å²) in [7, 11) is 2.88. The number of rotatable bonds is 8. The molecule has 2 aliphatic rings. The minimum atomic E-state index is -1.32. The van der Waals surface area contributed by atoms with E-state index in [0.29, 0.717) is 19.4 Å². The third kappa shape index (κ3) is 4.74. The van der Waals surface area contributed by atoms with E-state index in [1.54, 1.807) is 14.0 Å². The third-order valence-corrected chi connectivity index (χ3v) is 5.44. The number of likely N-dealkylation sites (N-methyl/N-ethyl adjacent to an activating group) is 1. The van der Waals surface area contributed by atoms with Crippen molar-refractivity contribution in [2.24, 2.45) is 4.99 Å². The Labute approximate surface area is 176 Å². The number of terminal acetylenes is 1. The SMILES string of the molecule is C#CC[C@]1(C(=O)OC)COC([C@@H]2CCCN2C(=O)[C@@H](NC(=O)[C@H](C)NC)[C@@H](C)O)=N1. The number of aliphatic imine (C=N–C) groups is 1. The summed E-state index contributed by atoms with van der Waals surface area (Å²) in [6.45, 7) is 3.44. The lowest BCUT2D eigenvalue weighted by Crippen LogP contribution is -2.58. The van der Waals surface area contributed by atoms with Gasteiger partial charge in [-0.25, -0.2) is 9.79 Å². The average Bonchev–Trinajstić information content (AvgIpc) is 3.37.